The molecule has 0 radical (unpaired) electrons. The van der Waals surface area contributed by atoms with Crippen LogP contribution in [0.15, 0.2) is 0 Å². The number of amides is 1. The third kappa shape index (κ3) is 27.1. The van der Waals surface area contributed by atoms with Crippen molar-refractivity contribution < 1.29 is 50.0 Å². The Morgan fingerprint density at radius 3 is 1.28 bits per heavy atom. The van der Waals surface area contributed by atoms with E-state index in [4.69, 9.17) is 9.47 Å². The van der Waals surface area contributed by atoms with Crippen LogP contribution in [0.3, 0.4) is 0 Å². The van der Waals surface area contributed by atoms with Crippen LogP contribution in [-0.4, -0.2) is 110 Å². The predicted octanol–water partition coefficient (Wildman–Crippen LogP) is 8.28. The number of carbonyl (C=O) groups excluding carboxylic acids is 1. The summed E-state index contributed by atoms with van der Waals surface area (Å²) in [5, 5.41) is 75.6. The van der Waals surface area contributed by atoms with E-state index in [2.05, 4.69) is 19.2 Å². The Morgan fingerprint density at radius 1 is 0.534 bits per heavy atom. The molecular weight excluding hydrogens is 739 g/mol. The molecule has 0 spiro atoms. The third-order valence-electron chi connectivity index (χ3n) is 12.2. The molecule has 0 saturated carbocycles. The van der Waals surface area contributed by atoms with Crippen LogP contribution in [0, 0.1) is 0 Å². The molecule has 1 aliphatic heterocycles. The maximum absolute atomic E-state index is 13.1. The summed E-state index contributed by atoms with van der Waals surface area (Å²) in [4.78, 5) is 13.1. The molecule has 1 saturated heterocycles. The smallest absolute Gasteiger partial charge is 0.249 e. The first-order valence-electron chi connectivity index (χ1n) is 24.4. The molecule has 0 aromatic heterocycles. The minimum atomic E-state index is -1.66. The van der Waals surface area contributed by atoms with Crippen molar-refractivity contribution in [2.75, 3.05) is 13.2 Å². The zero-order chi connectivity index (χ0) is 42.6. The number of carbonyl (C=O) groups is 1. The molecule has 1 rings (SSSR count). The third-order valence-corrected chi connectivity index (χ3v) is 12.2. The lowest BCUT2D eigenvalue weighted by Gasteiger charge is -2.40. The topological polar surface area (TPSA) is 189 Å². The van der Waals surface area contributed by atoms with Crippen molar-refractivity contribution in [3.05, 3.63) is 0 Å². The van der Waals surface area contributed by atoms with Gasteiger partial charge in [0.1, 0.15) is 36.6 Å². The summed E-state index contributed by atoms with van der Waals surface area (Å²) < 4.78 is 11.1. The summed E-state index contributed by atoms with van der Waals surface area (Å²) in [5.74, 6) is -0.693. The van der Waals surface area contributed by atoms with Crippen LogP contribution < -0.4 is 5.32 Å². The Hall–Kier alpha value is -0.890. The van der Waals surface area contributed by atoms with Gasteiger partial charge in [-0.3, -0.25) is 4.79 Å². The monoisotopic (exact) mass is 832 g/mol. The van der Waals surface area contributed by atoms with Crippen LogP contribution in [0.4, 0.5) is 0 Å². The Bertz CT molecular complexity index is 913. The molecule has 58 heavy (non-hydrogen) atoms. The number of nitrogens with one attached hydrogen (secondary N) is 1. The highest BCUT2D eigenvalue weighted by Crippen LogP contribution is 2.23. The van der Waals surface area contributed by atoms with Gasteiger partial charge in [-0.15, -0.1) is 0 Å². The van der Waals surface area contributed by atoms with Crippen molar-refractivity contribution in [3.63, 3.8) is 0 Å². The normalized spacial score (nSPS) is 21.8. The van der Waals surface area contributed by atoms with Crippen LogP contribution in [0.25, 0.3) is 0 Å². The fourth-order valence-electron chi connectivity index (χ4n) is 8.09. The highest BCUT2D eigenvalue weighted by molar-refractivity contribution is 5.80. The van der Waals surface area contributed by atoms with Gasteiger partial charge in [-0.05, 0) is 12.8 Å². The molecule has 11 nitrogen and oxygen atoms in total. The quantitative estimate of drug-likeness (QED) is 0.0279. The number of aliphatic hydroxyl groups excluding tert-OH is 7. The number of hydrogen-bond donors (Lipinski definition) is 8. The largest absolute Gasteiger partial charge is 0.394 e. The minimum absolute atomic E-state index is 0.266. The molecule has 0 aliphatic carbocycles. The lowest BCUT2D eigenvalue weighted by atomic mass is 9.98. The van der Waals surface area contributed by atoms with E-state index in [9.17, 15) is 40.5 Å². The van der Waals surface area contributed by atoms with Gasteiger partial charge in [-0.2, -0.15) is 0 Å². The Labute approximate surface area is 354 Å². The first-order chi connectivity index (χ1) is 28.2. The Kier molecular flexibility index (Phi) is 36.0. The molecular formula is C47H93NO10. The zero-order valence-electron chi connectivity index (χ0n) is 37.3. The van der Waals surface area contributed by atoms with Crippen LogP contribution in [0.2, 0.25) is 0 Å². The summed E-state index contributed by atoms with van der Waals surface area (Å²) in [6.45, 7) is 3.44. The molecule has 9 unspecified atom stereocenters. The van der Waals surface area contributed by atoms with E-state index in [1.54, 1.807) is 0 Å². The van der Waals surface area contributed by atoms with Crippen molar-refractivity contribution in [3.8, 4) is 0 Å². The fourth-order valence-corrected chi connectivity index (χ4v) is 8.09. The second-order valence-electron chi connectivity index (χ2n) is 17.5. The highest BCUT2D eigenvalue weighted by atomic mass is 16.7. The van der Waals surface area contributed by atoms with Gasteiger partial charge in [0.25, 0.3) is 0 Å². The summed E-state index contributed by atoms with van der Waals surface area (Å²) >= 11 is 0. The van der Waals surface area contributed by atoms with Crippen LogP contribution in [-0.2, 0) is 14.3 Å². The first-order valence-corrected chi connectivity index (χ1v) is 24.4. The molecule has 9 atom stereocenters. The molecule has 0 bridgehead atoms. The van der Waals surface area contributed by atoms with Crippen molar-refractivity contribution in [2.45, 2.75) is 281 Å². The van der Waals surface area contributed by atoms with Crippen molar-refractivity contribution in [1.29, 1.82) is 0 Å². The summed E-state index contributed by atoms with van der Waals surface area (Å²) in [7, 11) is 0. The van der Waals surface area contributed by atoms with Crippen molar-refractivity contribution >= 4 is 5.91 Å². The fraction of sp³-hybridized carbons (Fsp3) is 0.979. The summed E-state index contributed by atoms with van der Waals surface area (Å²) in [6, 6.07) is -1.16. The minimum Gasteiger partial charge on any atom is -0.394 e. The van der Waals surface area contributed by atoms with Crippen LogP contribution in [0.1, 0.15) is 226 Å². The first kappa shape index (κ1) is 55.1. The van der Waals surface area contributed by atoms with E-state index >= 15 is 0 Å². The van der Waals surface area contributed by atoms with E-state index in [1.807, 2.05) is 0 Å². The van der Waals surface area contributed by atoms with Gasteiger partial charge < -0.3 is 50.5 Å². The molecule has 1 fully saturated rings. The molecule has 0 aromatic carbocycles. The molecule has 1 aliphatic rings. The lowest BCUT2D eigenvalue weighted by Crippen LogP contribution is -2.60. The zero-order valence-corrected chi connectivity index (χ0v) is 37.3. The summed E-state index contributed by atoms with van der Waals surface area (Å²) in [6.07, 6.45) is 27.3. The number of unbranched alkanes of at least 4 members (excludes halogenated alkanes) is 29. The lowest BCUT2D eigenvalue weighted by molar-refractivity contribution is -0.303. The van der Waals surface area contributed by atoms with Gasteiger partial charge in [0, 0.05) is 0 Å². The molecule has 1 heterocycles. The average Bonchev–Trinajstić information content (AvgIpc) is 3.22. The maximum Gasteiger partial charge on any atom is 0.249 e. The predicted molar refractivity (Wildman–Crippen MR) is 233 cm³/mol. The maximum atomic E-state index is 13.1. The van der Waals surface area contributed by atoms with Crippen molar-refractivity contribution in [2.24, 2.45) is 0 Å². The van der Waals surface area contributed by atoms with Crippen molar-refractivity contribution in [1.82, 2.24) is 5.32 Å². The molecule has 11 heteroatoms. The summed E-state index contributed by atoms with van der Waals surface area (Å²) in [5.41, 5.74) is 0. The molecule has 1 amide bonds. The van der Waals surface area contributed by atoms with Gasteiger partial charge >= 0.3 is 0 Å². The second-order valence-corrected chi connectivity index (χ2v) is 17.5. The number of hydrogen-bond acceptors (Lipinski definition) is 10. The van der Waals surface area contributed by atoms with Gasteiger partial charge in [-0.25, -0.2) is 0 Å². The van der Waals surface area contributed by atoms with E-state index in [0.29, 0.717) is 19.3 Å². The molecule has 0 aromatic rings. The van der Waals surface area contributed by atoms with E-state index in [-0.39, 0.29) is 6.42 Å². The van der Waals surface area contributed by atoms with Gasteiger partial charge in [-0.1, -0.05) is 213 Å². The number of ether oxygens (including phenoxy) is 2. The van der Waals surface area contributed by atoms with Gasteiger partial charge in [0.2, 0.25) is 5.91 Å². The number of rotatable bonds is 41. The number of aliphatic hydroxyl groups is 7. The van der Waals surface area contributed by atoms with Crippen LogP contribution in [0.5, 0.6) is 0 Å². The Morgan fingerprint density at radius 2 is 0.897 bits per heavy atom. The standard InChI is InChI=1S/C47H93NO10/c1-3-5-7-9-11-13-15-16-17-18-19-20-21-22-23-25-27-29-31-33-35-40(51)46(56)48-38(37-57-47-45(55)44(54)43(53)41(36-49)58-47)42(52)39(50)34-32-30-28-26-24-14-12-10-8-6-4-2/h38-45,47,49-55H,3-37H2,1-2H3,(H,48,56). The van der Waals surface area contributed by atoms with E-state index < -0.39 is 74.2 Å². The SMILES string of the molecule is CCCCCCCCCCCCCCCCCCCCCCC(O)C(=O)NC(COC1OC(CO)C(O)C(O)C1O)C(O)C(O)CCCCCCCCCCCCC. The highest BCUT2D eigenvalue weighted by Gasteiger charge is 2.44. The van der Waals surface area contributed by atoms with Gasteiger partial charge in [0.15, 0.2) is 6.29 Å². The van der Waals surface area contributed by atoms with E-state index in [0.717, 1.165) is 38.5 Å². The van der Waals surface area contributed by atoms with E-state index in [1.165, 1.54) is 148 Å². The molecule has 8 N–H and O–H groups in total. The Balaban J connectivity index is 2.37. The average molecular weight is 832 g/mol. The second kappa shape index (κ2) is 37.8. The van der Waals surface area contributed by atoms with Gasteiger partial charge in [0.05, 0.1) is 25.4 Å². The van der Waals surface area contributed by atoms with Crippen LogP contribution >= 0.6 is 0 Å². The molecule has 346 valence electrons.